The molecule has 0 spiro atoms. The van der Waals surface area contributed by atoms with Gasteiger partial charge in [0, 0.05) is 30.3 Å². The van der Waals surface area contributed by atoms with Crippen LogP contribution in [0.2, 0.25) is 0 Å². The molecule has 4 rings (SSSR count). The Morgan fingerprint density at radius 2 is 1.34 bits per heavy atom. The molecule has 0 bridgehead atoms. The number of para-hydroxylation sites is 1. The van der Waals surface area contributed by atoms with Gasteiger partial charge in [0.25, 0.3) is 5.91 Å². The third-order valence-electron chi connectivity index (χ3n) is 5.31. The number of hydrogen-bond donors (Lipinski definition) is 2. The minimum absolute atomic E-state index is 0.0895. The maximum absolute atomic E-state index is 14.0. The van der Waals surface area contributed by atoms with Crippen molar-refractivity contribution in [3.8, 4) is 16.9 Å². The van der Waals surface area contributed by atoms with Gasteiger partial charge in [0.1, 0.15) is 17.4 Å². The van der Waals surface area contributed by atoms with Crippen molar-refractivity contribution in [1.82, 2.24) is 10.6 Å². The van der Waals surface area contributed by atoms with Crippen molar-refractivity contribution in [2.75, 3.05) is 0 Å². The number of ether oxygens (including phenoxy) is 1. The highest BCUT2D eigenvalue weighted by molar-refractivity contribution is 6.01. The summed E-state index contributed by atoms with van der Waals surface area (Å²) in [6.07, 6.45) is -0.599. The molecular weight excluding hydrogens is 450 g/mol. The molecule has 0 unspecified atom stereocenters. The first-order valence-corrected chi connectivity index (χ1v) is 10.9. The number of amides is 2. The van der Waals surface area contributed by atoms with Gasteiger partial charge in [-0.25, -0.2) is 13.6 Å². The van der Waals surface area contributed by atoms with Crippen LogP contribution < -0.4 is 15.4 Å². The molecule has 0 aliphatic rings. The molecule has 2 N–H and O–H groups in total. The molecule has 2 amide bonds. The molecule has 0 aliphatic carbocycles. The fourth-order valence-corrected chi connectivity index (χ4v) is 3.59. The number of carbonyl (C=O) groups is 2. The van der Waals surface area contributed by atoms with Gasteiger partial charge in [-0.15, -0.1) is 0 Å². The summed E-state index contributed by atoms with van der Waals surface area (Å²) in [4.78, 5) is 25.2. The van der Waals surface area contributed by atoms with Gasteiger partial charge in [0.2, 0.25) is 0 Å². The summed E-state index contributed by atoms with van der Waals surface area (Å²) in [5.74, 6) is -1.38. The monoisotopic (exact) mass is 472 g/mol. The van der Waals surface area contributed by atoms with Crippen molar-refractivity contribution in [2.45, 2.75) is 13.1 Å². The van der Waals surface area contributed by atoms with E-state index >= 15 is 0 Å². The Bertz CT molecular complexity index is 1340. The molecular formula is C28H22F2N2O3. The number of carbonyl (C=O) groups excluding carboxylic acids is 2. The molecule has 0 aliphatic heterocycles. The Balaban J connectivity index is 1.49. The molecule has 0 aromatic heterocycles. The summed E-state index contributed by atoms with van der Waals surface area (Å²) in [6, 6.07) is 26.3. The summed E-state index contributed by atoms with van der Waals surface area (Å²) >= 11 is 0. The van der Waals surface area contributed by atoms with Gasteiger partial charge in [-0.2, -0.15) is 0 Å². The molecule has 4 aromatic carbocycles. The maximum atomic E-state index is 14.0. The lowest BCUT2D eigenvalue weighted by molar-refractivity contribution is 0.0951. The van der Waals surface area contributed by atoms with E-state index in [0.29, 0.717) is 16.9 Å². The summed E-state index contributed by atoms with van der Waals surface area (Å²) in [5, 5.41) is 5.42. The number of benzene rings is 4. The first kappa shape index (κ1) is 23.6. The van der Waals surface area contributed by atoms with E-state index < -0.39 is 23.6 Å². The van der Waals surface area contributed by atoms with Gasteiger partial charge in [-0.05, 0) is 41.0 Å². The van der Waals surface area contributed by atoms with Gasteiger partial charge in [-0.3, -0.25) is 4.79 Å². The minimum Gasteiger partial charge on any atom is -0.410 e. The molecule has 0 fully saturated rings. The molecule has 35 heavy (non-hydrogen) atoms. The lowest BCUT2D eigenvalue weighted by Gasteiger charge is -2.15. The minimum atomic E-state index is -0.725. The van der Waals surface area contributed by atoms with Crippen molar-refractivity contribution in [3.63, 3.8) is 0 Å². The van der Waals surface area contributed by atoms with E-state index in [9.17, 15) is 18.4 Å². The van der Waals surface area contributed by atoms with Crippen molar-refractivity contribution < 1.29 is 23.1 Å². The second-order valence-corrected chi connectivity index (χ2v) is 7.68. The van der Waals surface area contributed by atoms with E-state index in [2.05, 4.69) is 10.6 Å². The van der Waals surface area contributed by atoms with Crippen LogP contribution in [-0.2, 0) is 13.1 Å². The smallest absolute Gasteiger partial charge is 0.410 e. The van der Waals surface area contributed by atoms with Gasteiger partial charge < -0.3 is 15.4 Å². The standard InChI is InChI=1S/C28H22F2N2O3/c29-21-15-14-20(26(30)16-21)18-31-27(33)25-13-7-6-12-24(25)23-11-5-4-8-19(23)17-32-28(34)35-22-9-2-1-3-10-22/h1-16H,17-18H2,(H,31,33)(H,32,34). The Kier molecular flexibility index (Phi) is 7.47. The van der Waals surface area contributed by atoms with Crippen LogP contribution in [0.1, 0.15) is 21.5 Å². The SMILES string of the molecule is O=C(NCc1ccccc1-c1ccccc1C(=O)NCc1ccc(F)cc1F)Oc1ccccc1. The highest BCUT2D eigenvalue weighted by Crippen LogP contribution is 2.27. The third-order valence-corrected chi connectivity index (χ3v) is 5.31. The number of nitrogens with one attached hydrogen (secondary N) is 2. The topological polar surface area (TPSA) is 67.4 Å². The molecule has 5 nitrogen and oxygen atoms in total. The lowest BCUT2D eigenvalue weighted by atomic mass is 9.95. The normalized spacial score (nSPS) is 10.5. The predicted octanol–water partition coefficient (Wildman–Crippen LogP) is 5.85. The lowest BCUT2D eigenvalue weighted by Crippen LogP contribution is -2.26. The Labute approximate surface area is 201 Å². The molecule has 0 heterocycles. The predicted molar refractivity (Wildman–Crippen MR) is 129 cm³/mol. The van der Waals surface area contributed by atoms with Crippen LogP contribution in [0.15, 0.2) is 97.1 Å². The summed E-state index contributed by atoms with van der Waals surface area (Å²) in [7, 11) is 0. The van der Waals surface area contributed by atoms with Gasteiger partial charge in [0.05, 0.1) is 0 Å². The van der Waals surface area contributed by atoms with Gasteiger partial charge in [-0.1, -0.05) is 66.7 Å². The van der Waals surface area contributed by atoms with Crippen LogP contribution in [0, 0.1) is 11.6 Å². The summed E-state index contributed by atoms with van der Waals surface area (Å²) in [6.45, 7) is 0.0897. The van der Waals surface area contributed by atoms with Crippen molar-refractivity contribution in [1.29, 1.82) is 0 Å². The number of halogens is 2. The van der Waals surface area contributed by atoms with Crippen LogP contribution in [0.5, 0.6) is 5.75 Å². The average molecular weight is 472 g/mol. The molecule has 0 saturated carbocycles. The van der Waals surface area contributed by atoms with Crippen LogP contribution in [-0.4, -0.2) is 12.0 Å². The molecule has 0 saturated heterocycles. The van der Waals surface area contributed by atoms with Crippen LogP contribution in [0.3, 0.4) is 0 Å². The molecule has 176 valence electrons. The molecule has 0 radical (unpaired) electrons. The summed E-state index contributed by atoms with van der Waals surface area (Å²) < 4.78 is 32.4. The second kappa shape index (κ2) is 11.1. The van der Waals surface area contributed by atoms with Crippen LogP contribution >= 0.6 is 0 Å². The zero-order valence-corrected chi connectivity index (χ0v) is 18.6. The largest absolute Gasteiger partial charge is 0.412 e. The van der Waals surface area contributed by atoms with Gasteiger partial charge in [0.15, 0.2) is 0 Å². The van der Waals surface area contributed by atoms with Crippen LogP contribution in [0.25, 0.3) is 11.1 Å². The Morgan fingerprint density at radius 3 is 2.11 bits per heavy atom. The molecule has 7 heteroatoms. The number of rotatable bonds is 7. The van der Waals surface area contributed by atoms with Crippen LogP contribution in [0.4, 0.5) is 13.6 Å². The quantitative estimate of drug-likeness (QED) is 0.355. The zero-order chi connectivity index (χ0) is 24.6. The first-order chi connectivity index (χ1) is 17.0. The van der Waals surface area contributed by atoms with Gasteiger partial charge >= 0.3 is 6.09 Å². The van der Waals surface area contributed by atoms with E-state index in [-0.39, 0.29) is 18.7 Å². The first-order valence-electron chi connectivity index (χ1n) is 10.9. The highest BCUT2D eigenvalue weighted by Gasteiger charge is 2.16. The Hall–Kier alpha value is -4.52. The van der Waals surface area contributed by atoms with Crippen molar-refractivity contribution in [2.24, 2.45) is 0 Å². The van der Waals surface area contributed by atoms with E-state index in [1.807, 2.05) is 30.3 Å². The number of hydrogen-bond acceptors (Lipinski definition) is 3. The van der Waals surface area contributed by atoms with E-state index in [1.165, 1.54) is 6.07 Å². The van der Waals surface area contributed by atoms with E-state index in [0.717, 1.165) is 23.3 Å². The van der Waals surface area contributed by atoms with Crippen molar-refractivity contribution in [3.05, 3.63) is 125 Å². The zero-order valence-electron chi connectivity index (χ0n) is 18.6. The second-order valence-electron chi connectivity index (χ2n) is 7.68. The molecule has 0 atom stereocenters. The fourth-order valence-electron chi connectivity index (χ4n) is 3.59. The highest BCUT2D eigenvalue weighted by atomic mass is 19.1. The van der Waals surface area contributed by atoms with E-state index in [1.54, 1.807) is 48.5 Å². The maximum Gasteiger partial charge on any atom is 0.412 e. The third kappa shape index (κ3) is 6.09. The van der Waals surface area contributed by atoms with Crippen molar-refractivity contribution >= 4 is 12.0 Å². The summed E-state index contributed by atoms with van der Waals surface area (Å²) in [5.41, 5.74) is 2.75. The molecule has 4 aromatic rings. The van der Waals surface area contributed by atoms with E-state index in [4.69, 9.17) is 4.74 Å². The Morgan fingerprint density at radius 1 is 0.686 bits per heavy atom. The average Bonchev–Trinajstić information content (AvgIpc) is 2.87. The fraction of sp³-hybridized carbons (Fsp3) is 0.0714.